The molecule has 10 nitrogen and oxygen atoms in total. The number of rotatable bonds is 3. The predicted molar refractivity (Wildman–Crippen MR) is 100 cm³/mol. The minimum absolute atomic E-state index is 0.0804. The Kier molecular flexibility index (Phi) is 8.81. The molecule has 3 aromatic rings. The highest BCUT2D eigenvalue weighted by Gasteiger charge is 2.30. The van der Waals surface area contributed by atoms with Crippen molar-refractivity contribution in [2.24, 2.45) is 0 Å². The average molecular weight is 464 g/mol. The lowest BCUT2D eigenvalue weighted by Crippen LogP contribution is -2.13. The van der Waals surface area contributed by atoms with Gasteiger partial charge in [-0.3, -0.25) is 4.52 Å². The van der Waals surface area contributed by atoms with Crippen LogP contribution in [-0.4, -0.2) is 37.5 Å². The van der Waals surface area contributed by atoms with Gasteiger partial charge in [-0.2, -0.15) is 11.8 Å². The maximum Gasteiger partial charge on any atom is 0.446 e. The van der Waals surface area contributed by atoms with Crippen molar-refractivity contribution < 1.29 is 18.5 Å². The first-order valence-electron chi connectivity index (χ1n) is 7.32. The number of hydrogen-bond acceptors (Lipinski definition) is 9. The Morgan fingerprint density at radius 1 is 1.26 bits per heavy atom. The number of thioether (sulfide) groups is 1. The molecule has 27 heavy (non-hydrogen) atoms. The summed E-state index contributed by atoms with van der Waals surface area (Å²) in [5, 5.41) is 20.7. The molecule has 0 spiro atoms. The lowest BCUT2D eigenvalue weighted by atomic mass is 10.3. The second-order valence-corrected chi connectivity index (χ2v) is 5.98. The van der Waals surface area contributed by atoms with Gasteiger partial charge in [0, 0.05) is 0 Å². The van der Waals surface area contributed by atoms with E-state index >= 15 is 0 Å². The van der Waals surface area contributed by atoms with E-state index in [9.17, 15) is 19.3 Å². The van der Waals surface area contributed by atoms with Crippen molar-refractivity contribution in [2.45, 2.75) is 13.8 Å². The van der Waals surface area contributed by atoms with E-state index < -0.39 is 28.0 Å². The van der Waals surface area contributed by atoms with Crippen molar-refractivity contribution >= 4 is 33.5 Å². The molecule has 0 aliphatic carbocycles. The van der Waals surface area contributed by atoms with Gasteiger partial charge >= 0.3 is 11.6 Å². The first-order valence-corrected chi connectivity index (χ1v) is 9.74. The number of nitrogens with zero attached hydrogens (tertiary/aromatic N) is 5. The van der Waals surface area contributed by atoms with Gasteiger partial charge in [0.25, 0.3) is 5.69 Å². The summed E-state index contributed by atoms with van der Waals surface area (Å²) in [7, 11) is 0. The summed E-state index contributed by atoms with van der Waals surface area (Å²) < 4.78 is 23.0. The van der Waals surface area contributed by atoms with Gasteiger partial charge in [-0.25, -0.2) is 13.8 Å². The summed E-state index contributed by atoms with van der Waals surface area (Å²) in [6.45, 7) is 4.00. The van der Waals surface area contributed by atoms with Crippen LogP contribution >= 0.6 is 27.7 Å². The molecule has 0 unspecified atom stereocenters. The monoisotopic (exact) mass is 463 g/mol. The van der Waals surface area contributed by atoms with Gasteiger partial charge in [0.15, 0.2) is 5.16 Å². The molecule has 0 aliphatic heterocycles. The molecule has 3 rings (SSSR count). The summed E-state index contributed by atoms with van der Waals surface area (Å²) in [6.07, 6.45) is 4.08. The molecule has 1 aromatic carbocycles. The molecule has 0 N–H and O–H groups in total. The van der Waals surface area contributed by atoms with Crippen LogP contribution in [-0.2, 0) is 0 Å². The first kappa shape index (κ1) is 22.5. The Balaban J connectivity index is 0.000000665. The van der Waals surface area contributed by atoms with Crippen molar-refractivity contribution in [2.75, 3.05) is 12.5 Å². The van der Waals surface area contributed by atoms with E-state index in [-0.39, 0.29) is 16.0 Å². The van der Waals surface area contributed by atoms with Crippen molar-refractivity contribution in [3.63, 3.8) is 0 Å². The molecule has 0 aliphatic rings. The molecule has 0 bridgehead atoms. The Morgan fingerprint density at radius 2 is 1.89 bits per heavy atom. The molecule has 0 atom stereocenters. The molecule has 0 amide bonds. The summed E-state index contributed by atoms with van der Waals surface area (Å²) in [5.41, 5.74) is -0.233. The van der Waals surface area contributed by atoms with Crippen molar-refractivity contribution in [1.82, 2.24) is 20.0 Å². The minimum atomic E-state index is -0.939. The lowest BCUT2D eigenvalue weighted by molar-refractivity contribution is -0.390. The third-order valence-electron chi connectivity index (χ3n) is 2.62. The van der Waals surface area contributed by atoms with Crippen LogP contribution in [0.5, 0.6) is 0 Å². The Morgan fingerprint density at radius 3 is 2.44 bits per heavy atom. The van der Waals surface area contributed by atoms with Gasteiger partial charge in [-0.15, -0.1) is 4.63 Å². The quantitative estimate of drug-likeness (QED) is 0.421. The zero-order chi connectivity index (χ0) is 20.6. The molecule has 0 radical (unpaired) electrons. The topological polar surface area (TPSA) is 130 Å². The normalized spacial score (nSPS) is 9.70. The number of nitro groups is 1. The molecule has 0 fully saturated rings. The van der Waals surface area contributed by atoms with Crippen LogP contribution in [0, 0.1) is 15.9 Å². The zero-order valence-corrected chi connectivity index (χ0v) is 17.1. The molecule has 0 saturated carbocycles. The van der Waals surface area contributed by atoms with Crippen LogP contribution in [0.4, 0.5) is 10.2 Å². The van der Waals surface area contributed by atoms with Gasteiger partial charge < -0.3 is 10.1 Å². The number of benzene rings is 1. The largest absolute Gasteiger partial charge is 0.446 e. The molecule has 2 heterocycles. The van der Waals surface area contributed by atoms with E-state index in [4.69, 9.17) is 0 Å². The van der Waals surface area contributed by atoms with Crippen LogP contribution in [0.3, 0.4) is 0 Å². The zero-order valence-electron chi connectivity index (χ0n) is 14.7. The highest BCUT2D eigenvalue weighted by atomic mass is 79.9. The van der Waals surface area contributed by atoms with Crippen LogP contribution in [0.2, 0.25) is 0 Å². The third kappa shape index (κ3) is 5.23. The van der Waals surface area contributed by atoms with Crippen molar-refractivity contribution in [1.29, 1.82) is 0 Å². The number of hydrogen-bond donors (Lipinski definition) is 0. The molecule has 13 heteroatoms. The molecule has 2 aromatic heterocycles. The van der Waals surface area contributed by atoms with Crippen molar-refractivity contribution in [3.8, 4) is 17.2 Å². The van der Waals surface area contributed by atoms with Crippen molar-refractivity contribution in [3.05, 3.63) is 49.2 Å². The van der Waals surface area contributed by atoms with E-state index in [2.05, 4.69) is 40.6 Å². The molecular weight excluding hydrogens is 449 g/mol. The Bertz CT molecular complexity index is 958. The van der Waals surface area contributed by atoms with Crippen LogP contribution in [0.25, 0.3) is 17.2 Å². The van der Waals surface area contributed by atoms with E-state index in [1.807, 2.05) is 26.4 Å². The maximum atomic E-state index is 13.3. The van der Waals surface area contributed by atoms with E-state index in [0.717, 1.165) is 10.6 Å². The summed E-state index contributed by atoms with van der Waals surface area (Å²) in [5.74, 6) is -2.52. The predicted octanol–water partition coefficient (Wildman–Crippen LogP) is 3.69. The van der Waals surface area contributed by atoms with Gasteiger partial charge in [-0.1, -0.05) is 19.0 Å². The standard InChI is InChI=1S/C10H3BrFN5O5.C2H6S.C2H6/c11-5-3-4(1-2-6(5)12)16-8(14-21-10(16)18)7-9(17(19)20)15-22-13-7;1-3-2;1-2/h1-3H;1-2H3;1-2H3. The SMILES string of the molecule is CC.CSC.O=c1onc(-c2nonc2[N+](=O)[O-])n1-c1ccc(F)c(Br)c1. The Hall–Kier alpha value is -2.54. The third-order valence-corrected chi connectivity index (χ3v) is 3.23. The highest BCUT2D eigenvalue weighted by Crippen LogP contribution is 2.26. The maximum absolute atomic E-state index is 13.3. The average Bonchev–Trinajstić information content (AvgIpc) is 3.26. The van der Waals surface area contributed by atoms with Crippen LogP contribution in [0.1, 0.15) is 13.8 Å². The van der Waals surface area contributed by atoms with Gasteiger partial charge in [0.1, 0.15) is 5.82 Å². The van der Waals surface area contributed by atoms with E-state index in [0.29, 0.717) is 0 Å². The smallest absolute Gasteiger partial charge is 0.358 e. The fourth-order valence-electron chi connectivity index (χ4n) is 1.70. The summed E-state index contributed by atoms with van der Waals surface area (Å²) in [4.78, 5) is 21.8. The van der Waals surface area contributed by atoms with Gasteiger partial charge in [-0.05, 0) is 56.7 Å². The van der Waals surface area contributed by atoms with E-state index in [1.54, 1.807) is 11.8 Å². The second kappa shape index (κ2) is 10.6. The molecular formula is C14H15BrFN5O5S. The summed E-state index contributed by atoms with van der Waals surface area (Å²) in [6, 6.07) is 3.64. The van der Waals surface area contributed by atoms with Crippen LogP contribution in [0.15, 0.2) is 36.6 Å². The molecule has 146 valence electrons. The van der Waals surface area contributed by atoms with Gasteiger partial charge in [0.05, 0.1) is 10.2 Å². The first-order chi connectivity index (χ1) is 12.9. The number of aromatic nitrogens is 4. The van der Waals surface area contributed by atoms with Gasteiger partial charge in [0.2, 0.25) is 5.82 Å². The fourth-order valence-corrected chi connectivity index (χ4v) is 2.06. The van der Waals surface area contributed by atoms with E-state index in [1.165, 1.54) is 12.1 Å². The second-order valence-electron chi connectivity index (χ2n) is 4.31. The minimum Gasteiger partial charge on any atom is -0.358 e. The fraction of sp³-hybridized carbons (Fsp3) is 0.286. The Labute approximate surface area is 165 Å². The number of halogens is 2. The highest BCUT2D eigenvalue weighted by molar-refractivity contribution is 9.10. The molecule has 0 saturated heterocycles. The van der Waals surface area contributed by atoms with Crippen LogP contribution < -0.4 is 5.76 Å². The summed E-state index contributed by atoms with van der Waals surface area (Å²) >= 11 is 4.72. The lowest BCUT2D eigenvalue weighted by Gasteiger charge is -2.03.